The van der Waals surface area contributed by atoms with Crippen LogP contribution in [0.5, 0.6) is 0 Å². The number of carbonyl (C=O) groups is 2. The number of allylic oxidation sites excluding steroid dienone is 1. The lowest BCUT2D eigenvalue weighted by Gasteiger charge is -2.09. The fourth-order valence-electron chi connectivity index (χ4n) is 2.63. The first-order valence-corrected chi connectivity index (χ1v) is 11.0. The maximum atomic E-state index is 13.8. The van der Waals surface area contributed by atoms with Crippen molar-refractivity contribution in [3.05, 3.63) is 82.9 Å². The number of nitrogens with one attached hydrogen (secondary N) is 2. The third kappa shape index (κ3) is 6.25. The summed E-state index contributed by atoms with van der Waals surface area (Å²) in [5.74, 6) is -0.724. The molecule has 3 rings (SSSR count). The Morgan fingerprint density at radius 1 is 1.16 bits per heavy atom. The van der Waals surface area contributed by atoms with E-state index in [0.29, 0.717) is 23.2 Å². The van der Waals surface area contributed by atoms with E-state index < -0.39 is 11.7 Å². The van der Waals surface area contributed by atoms with Crippen molar-refractivity contribution in [1.82, 2.24) is 20.1 Å². The molecular formula is C21H19BrFN5O2S. The highest BCUT2D eigenvalue weighted by Gasteiger charge is 2.16. The number of amides is 2. The minimum Gasteiger partial charge on any atom is -0.345 e. The van der Waals surface area contributed by atoms with Gasteiger partial charge in [0, 0.05) is 16.7 Å². The van der Waals surface area contributed by atoms with Crippen molar-refractivity contribution >= 4 is 45.2 Å². The van der Waals surface area contributed by atoms with Gasteiger partial charge in [-0.05, 0) is 36.4 Å². The Morgan fingerprint density at radius 3 is 2.61 bits per heavy atom. The molecule has 160 valence electrons. The summed E-state index contributed by atoms with van der Waals surface area (Å²) in [6, 6.07) is 13.0. The third-order valence-electron chi connectivity index (χ3n) is 4.09. The molecule has 0 aliphatic carbocycles. The van der Waals surface area contributed by atoms with E-state index >= 15 is 0 Å². The zero-order chi connectivity index (χ0) is 22.2. The summed E-state index contributed by atoms with van der Waals surface area (Å²) in [4.78, 5) is 24.5. The van der Waals surface area contributed by atoms with Crippen LogP contribution in [0.15, 0.2) is 70.8 Å². The number of thioether (sulfide) groups is 1. The largest absolute Gasteiger partial charge is 0.345 e. The molecule has 0 unspecified atom stereocenters. The Hall–Kier alpha value is -2.98. The number of anilines is 1. The van der Waals surface area contributed by atoms with Crippen LogP contribution in [0.3, 0.4) is 0 Å². The summed E-state index contributed by atoms with van der Waals surface area (Å²) in [7, 11) is 0. The van der Waals surface area contributed by atoms with Crippen LogP contribution in [0, 0.1) is 5.82 Å². The van der Waals surface area contributed by atoms with E-state index in [4.69, 9.17) is 0 Å². The SMILES string of the molecule is C=CCn1c(CNC(=O)c2ccccc2F)nnc1SCC(=O)Nc1ccc(Br)cc1. The van der Waals surface area contributed by atoms with Gasteiger partial charge in [-0.1, -0.05) is 45.9 Å². The van der Waals surface area contributed by atoms with Crippen molar-refractivity contribution in [1.29, 1.82) is 0 Å². The van der Waals surface area contributed by atoms with Gasteiger partial charge in [0.05, 0.1) is 17.9 Å². The first-order chi connectivity index (χ1) is 15.0. The minimum atomic E-state index is -0.597. The molecule has 7 nitrogen and oxygen atoms in total. The van der Waals surface area contributed by atoms with Crippen molar-refractivity contribution in [2.75, 3.05) is 11.1 Å². The summed E-state index contributed by atoms with van der Waals surface area (Å²) in [5.41, 5.74) is 0.648. The normalized spacial score (nSPS) is 10.5. The number of benzene rings is 2. The fourth-order valence-corrected chi connectivity index (χ4v) is 3.66. The summed E-state index contributed by atoms with van der Waals surface area (Å²) in [6.45, 7) is 4.18. The van der Waals surface area contributed by atoms with Gasteiger partial charge in [-0.2, -0.15) is 0 Å². The number of aromatic nitrogens is 3. The van der Waals surface area contributed by atoms with E-state index in [-0.39, 0.29) is 23.8 Å². The van der Waals surface area contributed by atoms with Crippen LogP contribution < -0.4 is 10.6 Å². The molecular weight excluding hydrogens is 485 g/mol. The number of carbonyl (C=O) groups excluding carboxylic acids is 2. The molecule has 0 spiro atoms. The molecule has 0 aliphatic heterocycles. The van der Waals surface area contributed by atoms with Gasteiger partial charge < -0.3 is 15.2 Å². The van der Waals surface area contributed by atoms with Gasteiger partial charge in [-0.3, -0.25) is 9.59 Å². The standard InChI is InChI=1S/C21H19BrFN5O2S/c1-2-11-28-18(12-24-20(30)16-5-3-4-6-17(16)23)26-27-21(28)31-13-19(29)25-15-9-7-14(22)8-10-15/h2-10H,1,11-13H2,(H,24,30)(H,25,29). The second kappa shape index (κ2) is 10.9. The average molecular weight is 504 g/mol. The Balaban J connectivity index is 1.61. The van der Waals surface area contributed by atoms with Crippen LogP contribution in [-0.2, 0) is 17.9 Å². The molecule has 0 aliphatic rings. The van der Waals surface area contributed by atoms with Crippen LogP contribution >= 0.6 is 27.7 Å². The Bertz CT molecular complexity index is 1090. The average Bonchev–Trinajstić information content (AvgIpc) is 3.14. The van der Waals surface area contributed by atoms with Crippen molar-refractivity contribution in [3.63, 3.8) is 0 Å². The van der Waals surface area contributed by atoms with Gasteiger partial charge in [0.25, 0.3) is 5.91 Å². The maximum Gasteiger partial charge on any atom is 0.254 e. The van der Waals surface area contributed by atoms with Gasteiger partial charge in [0.1, 0.15) is 5.82 Å². The van der Waals surface area contributed by atoms with Gasteiger partial charge in [0.15, 0.2) is 11.0 Å². The van der Waals surface area contributed by atoms with E-state index in [1.807, 2.05) is 12.1 Å². The molecule has 1 heterocycles. The molecule has 2 N–H and O–H groups in total. The summed E-state index contributed by atoms with van der Waals surface area (Å²) >= 11 is 4.57. The monoisotopic (exact) mass is 503 g/mol. The van der Waals surface area contributed by atoms with Crippen LogP contribution in [0.25, 0.3) is 0 Å². The lowest BCUT2D eigenvalue weighted by molar-refractivity contribution is -0.113. The number of nitrogens with zero attached hydrogens (tertiary/aromatic N) is 3. The summed E-state index contributed by atoms with van der Waals surface area (Å²) in [6.07, 6.45) is 1.66. The molecule has 10 heteroatoms. The fraction of sp³-hybridized carbons (Fsp3) is 0.143. The molecule has 0 radical (unpaired) electrons. The van der Waals surface area contributed by atoms with Crippen LogP contribution in [0.1, 0.15) is 16.2 Å². The van der Waals surface area contributed by atoms with E-state index in [1.54, 1.807) is 28.8 Å². The van der Waals surface area contributed by atoms with E-state index in [1.165, 1.54) is 30.0 Å². The number of rotatable bonds is 9. The number of hydrogen-bond acceptors (Lipinski definition) is 5. The van der Waals surface area contributed by atoms with Gasteiger partial charge in [0.2, 0.25) is 5.91 Å². The minimum absolute atomic E-state index is 0.0449. The molecule has 0 bridgehead atoms. The van der Waals surface area contributed by atoms with Crippen molar-refractivity contribution in [2.45, 2.75) is 18.2 Å². The topological polar surface area (TPSA) is 88.9 Å². The third-order valence-corrected chi connectivity index (χ3v) is 5.59. The van der Waals surface area contributed by atoms with Gasteiger partial charge in [-0.25, -0.2) is 4.39 Å². The van der Waals surface area contributed by atoms with E-state index in [2.05, 4.69) is 43.3 Å². The van der Waals surface area contributed by atoms with Gasteiger partial charge >= 0.3 is 0 Å². The molecule has 3 aromatic rings. The number of hydrogen-bond donors (Lipinski definition) is 2. The van der Waals surface area contributed by atoms with Crippen molar-refractivity contribution in [3.8, 4) is 0 Å². The van der Waals surface area contributed by atoms with Crippen LogP contribution in [0.4, 0.5) is 10.1 Å². The Labute approximate surface area is 191 Å². The molecule has 2 aromatic carbocycles. The molecule has 2 amide bonds. The highest BCUT2D eigenvalue weighted by molar-refractivity contribution is 9.10. The highest BCUT2D eigenvalue weighted by atomic mass is 79.9. The van der Waals surface area contributed by atoms with Crippen LogP contribution in [0.2, 0.25) is 0 Å². The van der Waals surface area contributed by atoms with Crippen molar-refractivity contribution in [2.24, 2.45) is 0 Å². The van der Waals surface area contributed by atoms with Gasteiger partial charge in [-0.15, -0.1) is 16.8 Å². The smallest absolute Gasteiger partial charge is 0.254 e. The summed E-state index contributed by atoms with van der Waals surface area (Å²) in [5, 5.41) is 14.2. The zero-order valence-electron chi connectivity index (χ0n) is 16.3. The van der Waals surface area contributed by atoms with E-state index in [0.717, 1.165) is 4.47 Å². The maximum absolute atomic E-state index is 13.8. The lowest BCUT2D eigenvalue weighted by Crippen LogP contribution is -2.25. The Kier molecular flexibility index (Phi) is 7.96. The highest BCUT2D eigenvalue weighted by Crippen LogP contribution is 2.19. The molecule has 0 saturated heterocycles. The molecule has 31 heavy (non-hydrogen) atoms. The molecule has 0 saturated carbocycles. The first kappa shape index (κ1) is 22.7. The molecule has 1 aromatic heterocycles. The second-order valence-corrected chi connectivity index (χ2v) is 8.16. The lowest BCUT2D eigenvalue weighted by atomic mass is 10.2. The van der Waals surface area contributed by atoms with Crippen LogP contribution in [-0.4, -0.2) is 32.3 Å². The first-order valence-electron chi connectivity index (χ1n) is 9.22. The zero-order valence-corrected chi connectivity index (χ0v) is 18.7. The Morgan fingerprint density at radius 2 is 1.90 bits per heavy atom. The van der Waals surface area contributed by atoms with Crippen molar-refractivity contribution < 1.29 is 14.0 Å². The second-order valence-electron chi connectivity index (χ2n) is 6.30. The predicted octanol–water partition coefficient (Wildman–Crippen LogP) is 4.03. The summed E-state index contributed by atoms with van der Waals surface area (Å²) < 4.78 is 16.4. The molecule has 0 fully saturated rings. The predicted molar refractivity (Wildman–Crippen MR) is 121 cm³/mol. The number of halogens is 2. The quantitative estimate of drug-likeness (QED) is 0.340. The molecule has 0 atom stereocenters. The van der Waals surface area contributed by atoms with E-state index in [9.17, 15) is 14.0 Å².